The van der Waals surface area contributed by atoms with Crippen LogP contribution in [0.3, 0.4) is 0 Å². The maximum Gasteiger partial charge on any atom is 0.280 e. The molecule has 0 unspecified atom stereocenters. The molecule has 0 saturated carbocycles. The number of rotatable bonds is 7. The Hall–Kier alpha value is -2.70. The Labute approximate surface area is 206 Å². The molecule has 3 rings (SSSR count). The fourth-order valence-electron chi connectivity index (χ4n) is 3.11. The highest BCUT2D eigenvalue weighted by Crippen LogP contribution is 2.37. The van der Waals surface area contributed by atoms with Gasteiger partial charge in [0.2, 0.25) is 5.82 Å². The first-order chi connectivity index (χ1) is 16.0. The van der Waals surface area contributed by atoms with Gasteiger partial charge < -0.3 is 9.47 Å². The van der Waals surface area contributed by atoms with Gasteiger partial charge in [0.05, 0.1) is 27.6 Å². The Kier molecular flexibility index (Phi) is 7.84. The highest BCUT2D eigenvalue weighted by molar-refractivity contribution is 14.1. The first-order valence-electron chi connectivity index (χ1n) is 10.3. The quantitative estimate of drug-likeness (QED) is 0.123. The van der Waals surface area contributed by atoms with Crippen LogP contribution in [0.15, 0.2) is 22.8 Å². The van der Waals surface area contributed by atoms with E-state index >= 15 is 0 Å². The molecule has 0 spiro atoms. The van der Waals surface area contributed by atoms with Crippen molar-refractivity contribution in [2.45, 2.75) is 40.2 Å². The molecule has 11 heteroatoms. The molecule has 5 nitrogen and oxygen atoms in total. The molecular weight excluding hydrogens is 574 g/mol. The lowest BCUT2D eigenvalue weighted by atomic mass is 10.1. The molecule has 1 amide bonds. The summed E-state index contributed by atoms with van der Waals surface area (Å²) in [6, 6.07) is 3.33. The first-order valence-corrected chi connectivity index (χ1v) is 11.4. The van der Waals surface area contributed by atoms with Crippen molar-refractivity contribution >= 4 is 46.0 Å². The fraction of sp³-hybridized carbons (Fsp3) is 0.304. The number of carbonyl (C=O) groups excluding carboxylic acids is 1. The number of ether oxygens (including phenoxy) is 2. The molecule has 0 radical (unpaired) electrons. The number of anilines is 1. The summed E-state index contributed by atoms with van der Waals surface area (Å²) in [6.45, 7) is 7.41. The molecular formula is C23H20F5IN2O3. The third-order valence-electron chi connectivity index (χ3n) is 5.00. The van der Waals surface area contributed by atoms with Gasteiger partial charge >= 0.3 is 0 Å². The zero-order valence-corrected chi connectivity index (χ0v) is 20.8. The number of nitrogens with zero attached hydrogens (tertiary/aromatic N) is 2. The van der Waals surface area contributed by atoms with Crippen molar-refractivity contribution in [2.24, 2.45) is 5.10 Å². The number of hydrogen-bond acceptors (Lipinski definition) is 4. The van der Waals surface area contributed by atoms with Gasteiger partial charge in [-0.05, 0) is 73.6 Å². The van der Waals surface area contributed by atoms with Gasteiger partial charge in [0, 0.05) is 0 Å². The van der Waals surface area contributed by atoms with Crippen LogP contribution in [0.1, 0.15) is 39.7 Å². The lowest BCUT2D eigenvalue weighted by Crippen LogP contribution is -2.25. The van der Waals surface area contributed by atoms with E-state index in [-0.39, 0.29) is 22.4 Å². The van der Waals surface area contributed by atoms with Crippen LogP contribution in [0.25, 0.3) is 6.08 Å². The summed E-state index contributed by atoms with van der Waals surface area (Å²) in [5, 5.41) is 3.91. The van der Waals surface area contributed by atoms with Crippen LogP contribution in [0, 0.1) is 32.7 Å². The van der Waals surface area contributed by atoms with Gasteiger partial charge in [-0.15, -0.1) is 0 Å². The topological polar surface area (TPSA) is 51.1 Å². The summed E-state index contributed by atoms with van der Waals surface area (Å²) in [5.41, 5.74) is -1.01. The van der Waals surface area contributed by atoms with Crippen LogP contribution in [0.2, 0.25) is 0 Å². The summed E-state index contributed by atoms with van der Waals surface area (Å²) in [4.78, 5) is 12.9. The standard InChI is InChI=1S/C23H20F5IN2O3/c1-5-10(3)34-22-14(29)8-12(9-15(22)33-6-2)7-13-11(4)30-31(23(13)32)21-19(27)17(25)16(24)18(26)20(21)28/h7-10H,5-6H2,1-4H3/b13-7-/t10-/m0/s1. The van der Waals surface area contributed by atoms with E-state index < -0.39 is 40.7 Å². The third-order valence-corrected chi connectivity index (χ3v) is 5.80. The van der Waals surface area contributed by atoms with Crippen molar-refractivity contribution in [3.8, 4) is 11.5 Å². The third kappa shape index (κ3) is 4.75. The normalized spacial score (nSPS) is 15.7. The van der Waals surface area contributed by atoms with Gasteiger partial charge in [-0.1, -0.05) is 6.92 Å². The highest BCUT2D eigenvalue weighted by Gasteiger charge is 2.37. The largest absolute Gasteiger partial charge is 0.490 e. The molecule has 0 saturated heterocycles. The van der Waals surface area contributed by atoms with Gasteiger partial charge in [-0.3, -0.25) is 4.79 Å². The van der Waals surface area contributed by atoms with Crippen LogP contribution in [0.5, 0.6) is 11.5 Å². The average Bonchev–Trinajstić information content (AvgIpc) is 3.06. The van der Waals surface area contributed by atoms with Crippen LogP contribution in [-0.2, 0) is 4.79 Å². The SMILES string of the molecule is CCOc1cc(/C=C2\C(=O)N(c3c(F)c(F)c(F)c(F)c3F)N=C2C)cc(I)c1O[C@@H](C)CC. The summed E-state index contributed by atoms with van der Waals surface area (Å²) in [6.07, 6.45) is 2.09. The van der Waals surface area contributed by atoms with Crippen molar-refractivity contribution in [3.05, 3.63) is 55.9 Å². The van der Waals surface area contributed by atoms with E-state index in [9.17, 15) is 26.7 Å². The number of hydrogen-bond donors (Lipinski definition) is 0. The van der Waals surface area contributed by atoms with Crippen LogP contribution in [0.4, 0.5) is 27.6 Å². The maximum atomic E-state index is 14.2. The second-order valence-corrected chi connectivity index (χ2v) is 8.54. The molecule has 1 atom stereocenters. The van der Waals surface area contributed by atoms with Gasteiger partial charge in [-0.25, -0.2) is 22.0 Å². The second-order valence-electron chi connectivity index (χ2n) is 7.38. The first kappa shape index (κ1) is 25.9. The average molecular weight is 594 g/mol. The Balaban J connectivity index is 2.05. The van der Waals surface area contributed by atoms with Crippen LogP contribution >= 0.6 is 22.6 Å². The van der Waals surface area contributed by atoms with E-state index in [1.54, 1.807) is 19.1 Å². The van der Waals surface area contributed by atoms with E-state index in [1.165, 1.54) is 13.0 Å². The minimum atomic E-state index is -2.32. The lowest BCUT2D eigenvalue weighted by molar-refractivity contribution is -0.114. The Morgan fingerprint density at radius 3 is 2.21 bits per heavy atom. The van der Waals surface area contributed by atoms with Gasteiger partial charge in [-0.2, -0.15) is 10.1 Å². The molecule has 182 valence electrons. The maximum absolute atomic E-state index is 14.2. The number of halogens is 6. The summed E-state index contributed by atoms with van der Waals surface area (Å²) >= 11 is 2.05. The zero-order valence-electron chi connectivity index (χ0n) is 18.6. The van der Waals surface area contributed by atoms with E-state index in [4.69, 9.17) is 9.47 Å². The van der Waals surface area contributed by atoms with E-state index in [2.05, 4.69) is 27.7 Å². The number of hydrazone groups is 1. The van der Waals surface area contributed by atoms with Crippen LogP contribution in [-0.4, -0.2) is 24.3 Å². The molecule has 2 aromatic rings. The summed E-state index contributed by atoms with van der Waals surface area (Å²) in [7, 11) is 0. The fourth-order valence-corrected chi connectivity index (χ4v) is 3.87. The molecule has 1 heterocycles. The predicted octanol–water partition coefficient (Wildman–Crippen LogP) is 6.37. The van der Waals surface area contributed by atoms with Gasteiger partial charge in [0.25, 0.3) is 5.91 Å². The number of benzene rings is 2. The van der Waals surface area contributed by atoms with Crippen molar-refractivity contribution in [2.75, 3.05) is 11.6 Å². The van der Waals surface area contributed by atoms with Crippen molar-refractivity contribution in [3.63, 3.8) is 0 Å². The highest BCUT2D eigenvalue weighted by atomic mass is 127. The Bertz CT molecular complexity index is 1190. The monoisotopic (exact) mass is 594 g/mol. The Morgan fingerprint density at radius 2 is 1.65 bits per heavy atom. The molecule has 0 N–H and O–H groups in total. The molecule has 1 aliphatic heterocycles. The molecule has 1 aliphatic rings. The minimum Gasteiger partial charge on any atom is -0.490 e. The zero-order chi connectivity index (χ0) is 25.3. The van der Waals surface area contributed by atoms with Gasteiger partial charge in [0.1, 0.15) is 5.69 Å². The van der Waals surface area contributed by atoms with E-state index in [0.29, 0.717) is 27.2 Å². The van der Waals surface area contributed by atoms with Crippen molar-refractivity contribution < 1.29 is 36.2 Å². The molecule has 0 aliphatic carbocycles. The summed E-state index contributed by atoms with van der Waals surface area (Å²) < 4.78 is 81.5. The molecule has 0 bridgehead atoms. The smallest absolute Gasteiger partial charge is 0.280 e. The summed E-state index contributed by atoms with van der Waals surface area (Å²) in [5.74, 6) is -11.0. The Morgan fingerprint density at radius 1 is 1.06 bits per heavy atom. The second kappa shape index (κ2) is 10.3. The van der Waals surface area contributed by atoms with Gasteiger partial charge in [0.15, 0.2) is 34.8 Å². The van der Waals surface area contributed by atoms with E-state index in [0.717, 1.165) is 6.42 Å². The van der Waals surface area contributed by atoms with E-state index in [1.807, 2.05) is 13.8 Å². The van der Waals surface area contributed by atoms with Crippen LogP contribution < -0.4 is 14.5 Å². The van der Waals surface area contributed by atoms with Crippen molar-refractivity contribution in [1.82, 2.24) is 0 Å². The molecule has 0 fully saturated rings. The number of carbonyl (C=O) groups is 1. The predicted molar refractivity (Wildman–Crippen MR) is 126 cm³/mol. The molecule has 0 aromatic heterocycles. The molecule has 2 aromatic carbocycles. The molecule has 34 heavy (non-hydrogen) atoms. The van der Waals surface area contributed by atoms with Crippen molar-refractivity contribution in [1.29, 1.82) is 0 Å². The number of amides is 1. The minimum absolute atomic E-state index is 0.0295. The lowest BCUT2D eigenvalue weighted by Gasteiger charge is -2.18.